The minimum absolute atomic E-state index is 0.0524. The number of nitrogens with two attached hydrogens (primary N) is 1. The van der Waals surface area contributed by atoms with Crippen molar-refractivity contribution >= 4 is 11.8 Å². The van der Waals surface area contributed by atoms with Crippen LogP contribution in [0.5, 0.6) is 0 Å². The maximum absolute atomic E-state index is 10.8. The number of rotatable bonds is 2. The minimum Gasteiger partial charge on any atom is -0.476 e. The summed E-state index contributed by atoms with van der Waals surface area (Å²) < 4.78 is 1.45. The van der Waals surface area contributed by atoms with Gasteiger partial charge in [0.1, 0.15) is 5.82 Å². The Kier molecular flexibility index (Phi) is 2.59. The highest BCUT2D eigenvalue weighted by atomic mass is 16.4. The summed E-state index contributed by atoms with van der Waals surface area (Å²) >= 11 is 0. The summed E-state index contributed by atoms with van der Waals surface area (Å²) in [5.41, 5.74) is 8.65. The van der Waals surface area contributed by atoms with E-state index in [1.165, 1.54) is 10.7 Å². The molecular weight excluding hydrogens is 218 g/mol. The van der Waals surface area contributed by atoms with Crippen LogP contribution < -0.4 is 5.73 Å². The van der Waals surface area contributed by atoms with Crippen molar-refractivity contribution in [3.05, 3.63) is 41.1 Å². The molecule has 17 heavy (non-hydrogen) atoms. The standard InChI is InChI=1S/C12H13N3O2/c1-7-4-3-5-10(8(7)2)15-11(13)6-9(14-15)12(16)17/h3-6H,13H2,1-2H3,(H,16,17). The van der Waals surface area contributed by atoms with E-state index in [0.717, 1.165) is 16.8 Å². The van der Waals surface area contributed by atoms with Gasteiger partial charge in [-0.3, -0.25) is 0 Å². The molecule has 0 bridgehead atoms. The van der Waals surface area contributed by atoms with Crippen molar-refractivity contribution in [1.29, 1.82) is 0 Å². The number of hydrogen-bond acceptors (Lipinski definition) is 3. The molecule has 0 unspecified atom stereocenters. The Labute approximate surface area is 98.5 Å². The van der Waals surface area contributed by atoms with Gasteiger partial charge in [-0.05, 0) is 31.0 Å². The molecular formula is C12H13N3O2. The summed E-state index contributed by atoms with van der Waals surface area (Å²) in [5, 5.41) is 12.8. The van der Waals surface area contributed by atoms with Gasteiger partial charge in [0.25, 0.3) is 0 Å². The Morgan fingerprint density at radius 3 is 2.71 bits per heavy atom. The van der Waals surface area contributed by atoms with Crippen LogP contribution in [0.3, 0.4) is 0 Å². The second-order valence-electron chi connectivity index (χ2n) is 3.89. The molecule has 0 aliphatic rings. The van der Waals surface area contributed by atoms with Crippen LogP contribution in [-0.2, 0) is 0 Å². The maximum Gasteiger partial charge on any atom is 0.356 e. The van der Waals surface area contributed by atoms with E-state index in [2.05, 4.69) is 5.10 Å². The fraction of sp³-hybridized carbons (Fsp3) is 0.167. The summed E-state index contributed by atoms with van der Waals surface area (Å²) in [6.07, 6.45) is 0. The summed E-state index contributed by atoms with van der Waals surface area (Å²) in [7, 11) is 0. The topological polar surface area (TPSA) is 81.1 Å². The molecule has 0 amide bonds. The number of benzene rings is 1. The molecule has 0 saturated carbocycles. The number of nitrogens with zero attached hydrogens (tertiary/aromatic N) is 2. The summed E-state index contributed by atoms with van der Waals surface area (Å²) in [5.74, 6) is -0.767. The van der Waals surface area contributed by atoms with E-state index in [0.29, 0.717) is 5.82 Å². The van der Waals surface area contributed by atoms with Gasteiger partial charge in [0, 0.05) is 6.07 Å². The van der Waals surface area contributed by atoms with Crippen LogP contribution in [-0.4, -0.2) is 20.9 Å². The quantitative estimate of drug-likeness (QED) is 0.825. The molecule has 1 aromatic heterocycles. The van der Waals surface area contributed by atoms with E-state index in [4.69, 9.17) is 10.8 Å². The highest BCUT2D eigenvalue weighted by Crippen LogP contribution is 2.20. The number of anilines is 1. The first-order valence-corrected chi connectivity index (χ1v) is 5.16. The van der Waals surface area contributed by atoms with Crippen molar-refractivity contribution < 1.29 is 9.90 Å². The fourth-order valence-electron chi connectivity index (χ4n) is 1.66. The predicted octanol–water partition coefficient (Wildman–Crippen LogP) is 1.77. The summed E-state index contributed by atoms with van der Waals surface area (Å²) in [6.45, 7) is 3.93. The molecule has 88 valence electrons. The lowest BCUT2D eigenvalue weighted by atomic mass is 10.1. The van der Waals surface area contributed by atoms with Crippen LogP contribution in [0.2, 0.25) is 0 Å². The first-order valence-electron chi connectivity index (χ1n) is 5.16. The Morgan fingerprint density at radius 1 is 1.41 bits per heavy atom. The lowest BCUT2D eigenvalue weighted by Crippen LogP contribution is -2.05. The SMILES string of the molecule is Cc1cccc(-n2nc(C(=O)O)cc2N)c1C. The van der Waals surface area contributed by atoms with Crippen molar-refractivity contribution in [1.82, 2.24) is 9.78 Å². The van der Waals surface area contributed by atoms with Crippen LogP contribution in [0.25, 0.3) is 5.69 Å². The van der Waals surface area contributed by atoms with Crippen molar-refractivity contribution in [3.63, 3.8) is 0 Å². The van der Waals surface area contributed by atoms with Crippen molar-refractivity contribution in [2.45, 2.75) is 13.8 Å². The Hall–Kier alpha value is -2.30. The van der Waals surface area contributed by atoms with E-state index >= 15 is 0 Å². The number of aromatic nitrogens is 2. The monoisotopic (exact) mass is 231 g/mol. The average molecular weight is 231 g/mol. The molecule has 1 heterocycles. The van der Waals surface area contributed by atoms with Crippen LogP contribution in [0.1, 0.15) is 21.6 Å². The van der Waals surface area contributed by atoms with Gasteiger partial charge >= 0.3 is 5.97 Å². The molecule has 5 nitrogen and oxygen atoms in total. The van der Waals surface area contributed by atoms with Gasteiger partial charge in [-0.25, -0.2) is 9.48 Å². The van der Waals surface area contributed by atoms with E-state index in [9.17, 15) is 4.79 Å². The van der Waals surface area contributed by atoms with E-state index in [-0.39, 0.29) is 5.69 Å². The number of hydrogen-bond donors (Lipinski definition) is 2. The molecule has 2 rings (SSSR count). The zero-order chi connectivity index (χ0) is 12.6. The number of aryl methyl sites for hydroxylation is 1. The van der Waals surface area contributed by atoms with Crippen molar-refractivity contribution in [2.24, 2.45) is 0 Å². The van der Waals surface area contributed by atoms with E-state index in [1.807, 2.05) is 32.0 Å². The molecule has 0 spiro atoms. The van der Waals surface area contributed by atoms with E-state index in [1.54, 1.807) is 0 Å². The van der Waals surface area contributed by atoms with Gasteiger partial charge in [-0.15, -0.1) is 0 Å². The van der Waals surface area contributed by atoms with Gasteiger partial charge in [0.2, 0.25) is 0 Å². The predicted molar refractivity (Wildman–Crippen MR) is 64.4 cm³/mol. The van der Waals surface area contributed by atoms with Gasteiger partial charge in [-0.1, -0.05) is 12.1 Å². The average Bonchev–Trinajstić information content (AvgIpc) is 2.65. The first kappa shape index (κ1) is 11.2. The fourth-order valence-corrected chi connectivity index (χ4v) is 1.66. The molecule has 1 aromatic carbocycles. The van der Waals surface area contributed by atoms with Crippen LogP contribution >= 0.6 is 0 Å². The third-order valence-corrected chi connectivity index (χ3v) is 2.76. The lowest BCUT2D eigenvalue weighted by molar-refractivity contribution is 0.0690. The zero-order valence-corrected chi connectivity index (χ0v) is 9.64. The summed E-state index contributed by atoms with van der Waals surface area (Å²) in [4.78, 5) is 10.8. The molecule has 0 aliphatic heterocycles. The van der Waals surface area contributed by atoms with Crippen molar-refractivity contribution in [3.8, 4) is 5.69 Å². The summed E-state index contributed by atoms with van der Waals surface area (Å²) in [6, 6.07) is 7.08. The molecule has 2 aromatic rings. The molecule has 0 radical (unpaired) electrons. The van der Waals surface area contributed by atoms with Gasteiger partial charge in [-0.2, -0.15) is 5.10 Å². The maximum atomic E-state index is 10.8. The smallest absolute Gasteiger partial charge is 0.356 e. The van der Waals surface area contributed by atoms with Gasteiger partial charge in [0.15, 0.2) is 5.69 Å². The van der Waals surface area contributed by atoms with E-state index < -0.39 is 5.97 Å². The van der Waals surface area contributed by atoms with Crippen molar-refractivity contribution in [2.75, 3.05) is 5.73 Å². The highest BCUT2D eigenvalue weighted by Gasteiger charge is 2.13. The van der Waals surface area contributed by atoms with Crippen LogP contribution in [0.15, 0.2) is 24.3 Å². The molecule has 0 aliphatic carbocycles. The highest BCUT2D eigenvalue weighted by molar-refractivity contribution is 5.86. The molecule has 0 saturated heterocycles. The van der Waals surface area contributed by atoms with Gasteiger partial charge in [0.05, 0.1) is 5.69 Å². The number of nitrogen functional groups attached to an aromatic ring is 1. The van der Waals surface area contributed by atoms with Crippen LogP contribution in [0, 0.1) is 13.8 Å². The van der Waals surface area contributed by atoms with Crippen LogP contribution in [0.4, 0.5) is 5.82 Å². The number of carbonyl (C=O) groups is 1. The molecule has 5 heteroatoms. The Morgan fingerprint density at radius 2 is 2.12 bits per heavy atom. The molecule has 3 N–H and O–H groups in total. The largest absolute Gasteiger partial charge is 0.476 e. The number of carboxylic acid groups (broad SMARTS) is 1. The normalized spacial score (nSPS) is 10.5. The number of carboxylic acids is 1. The third kappa shape index (κ3) is 1.87. The molecule has 0 atom stereocenters. The second-order valence-corrected chi connectivity index (χ2v) is 3.89. The minimum atomic E-state index is -1.08. The third-order valence-electron chi connectivity index (χ3n) is 2.76. The number of aromatic carboxylic acids is 1. The second kappa shape index (κ2) is 3.93. The Balaban J connectivity index is 2.60. The first-order chi connectivity index (χ1) is 8.00. The Bertz CT molecular complexity index is 587. The lowest BCUT2D eigenvalue weighted by Gasteiger charge is -2.09. The van der Waals surface area contributed by atoms with Gasteiger partial charge < -0.3 is 10.8 Å². The molecule has 0 fully saturated rings. The zero-order valence-electron chi connectivity index (χ0n) is 9.64.